The van der Waals surface area contributed by atoms with Crippen molar-refractivity contribution in [3.63, 3.8) is 0 Å². The largest absolute Gasteiger partial charge is 0.466 e. The van der Waals surface area contributed by atoms with Crippen LogP contribution in [0.5, 0.6) is 0 Å². The van der Waals surface area contributed by atoms with Gasteiger partial charge in [0.05, 0.1) is 25.4 Å². The first-order valence-corrected chi connectivity index (χ1v) is 31.6. The number of rotatable bonds is 59. The molecule has 0 aromatic heterocycles. The molecule has 1 amide bonds. The molecule has 0 aliphatic carbocycles. The summed E-state index contributed by atoms with van der Waals surface area (Å²) in [4.78, 5) is 24.6. The molecule has 0 aromatic carbocycles. The third-order valence-electron chi connectivity index (χ3n) is 14.8. The van der Waals surface area contributed by atoms with Crippen molar-refractivity contribution in [3.05, 3.63) is 24.3 Å². The summed E-state index contributed by atoms with van der Waals surface area (Å²) in [5.74, 6) is -0.0508. The highest BCUT2D eigenvalue weighted by molar-refractivity contribution is 5.76. The molecule has 0 radical (unpaired) electrons. The molecule has 70 heavy (non-hydrogen) atoms. The van der Waals surface area contributed by atoms with Crippen LogP contribution in [0.4, 0.5) is 0 Å². The lowest BCUT2D eigenvalue weighted by Gasteiger charge is -2.22. The van der Waals surface area contributed by atoms with Crippen LogP contribution < -0.4 is 5.32 Å². The Morgan fingerprint density at radius 3 is 1.10 bits per heavy atom. The van der Waals surface area contributed by atoms with Crippen molar-refractivity contribution in [2.24, 2.45) is 0 Å². The molecule has 414 valence electrons. The van der Waals surface area contributed by atoms with Crippen LogP contribution in [-0.4, -0.2) is 47.4 Å². The van der Waals surface area contributed by atoms with E-state index in [2.05, 4.69) is 43.5 Å². The Hall–Kier alpha value is -1.66. The van der Waals surface area contributed by atoms with Gasteiger partial charge in [-0.3, -0.25) is 9.59 Å². The molecule has 0 fully saturated rings. The summed E-state index contributed by atoms with van der Waals surface area (Å²) in [6.45, 7) is 4.94. The predicted octanol–water partition coefficient (Wildman–Crippen LogP) is 19.8. The number of esters is 1. The highest BCUT2D eigenvalue weighted by Gasteiger charge is 2.20. The van der Waals surface area contributed by atoms with Gasteiger partial charge in [0.15, 0.2) is 0 Å². The third-order valence-corrected chi connectivity index (χ3v) is 14.8. The van der Waals surface area contributed by atoms with Crippen LogP contribution >= 0.6 is 0 Å². The highest BCUT2D eigenvalue weighted by Crippen LogP contribution is 2.18. The van der Waals surface area contributed by atoms with Gasteiger partial charge in [-0.1, -0.05) is 301 Å². The summed E-state index contributed by atoms with van der Waals surface area (Å²) in [5.41, 5.74) is 0. The number of aliphatic hydroxyl groups excluding tert-OH is 2. The average molecular weight is 987 g/mol. The number of allylic oxidation sites excluding steroid dienone is 4. The summed E-state index contributed by atoms with van der Waals surface area (Å²) in [6, 6.07) is -0.551. The number of aliphatic hydroxyl groups is 2. The van der Waals surface area contributed by atoms with E-state index in [1.165, 1.54) is 257 Å². The molecule has 3 N–H and O–H groups in total. The second-order valence-corrected chi connectivity index (χ2v) is 21.7. The molecule has 0 aliphatic rings. The monoisotopic (exact) mass is 986 g/mol. The molecular weight excluding hydrogens is 863 g/mol. The average Bonchev–Trinajstić information content (AvgIpc) is 3.36. The van der Waals surface area contributed by atoms with Crippen molar-refractivity contribution >= 4 is 11.9 Å². The van der Waals surface area contributed by atoms with Gasteiger partial charge in [-0.2, -0.15) is 0 Å². The van der Waals surface area contributed by atoms with Crippen LogP contribution in [0.2, 0.25) is 0 Å². The van der Waals surface area contributed by atoms with Crippen molar-refractivity contribution in [2.75, 3.05) is 13.2 Å². The van der Waals surface area contributed by atoms with Crippen LogP contribution in [0.25, 0.3) is 0 Å². The lowest BCUT2D eigenvalue weighted by molar-refractivity contribution is -0.143. The van der Waals surface area contributed by atoms with E-state index in [9.17, 15) is 19.8 Å². The number of hydrogen-bond donors (Lipinski definition) is 3. The minimum absolute atomic E-state index is 0.00847. The molecule has 0 aromatic rings. The van der Waals surface area contributed by atoms with Gasteiger partial charge < -0.3 is 20.3 Å². The van der Waals surface area contributed by atoms with Gasteiger partial charge in [0.25, 0.3) is 0 Å². The minimum Gasteiger partial charge on any atom is -0.466 e. The fourth-order valence-corrected chi connectivity index (χ4v) is 9.91. The zero-order valence-electron chi connectivity index (χ0n) is 47.3. The maximum Gasteiger partial charge on any atom is 0.305 e. The van der Waals surface area contributed by atoms with E-state index in [0.29, 0.717) is 25.9 Å². The number of ether oxygens (including phenoxy) is 1. The first-order valence-electron chi connectivity index (χ1n) is 31.6. The zero-order chi connectivity index (χ0) is 50.7. The van der Waals surface area contributed by atoms with E-state index >= 15 is 0 Å². The summed E-state index contributed by atoms with van der Waals surface area (Å²) in [5, 5.41) is 23.4. The predicted molar refractivity (Wildman–Crippen MR) is 306 cm³/mol. The Balaban J connectivity index is 3.43. The molecule has 0 rings (SSSR count). The number of carbonyl (C=O) groups is 2. The van der Waals surface area contributed by atoms with Crippen molar-refractivity contribution in [1.29, 1.82) is 0 Å². The van der Waals surface area contributed by atoms with Crippen molar-refractivity contribution < 1.29 is 24.5 Å². The molecule has 0 saturated carbocycles. The number of hydrogen-bond acceptors (Lipinski definition) is 5. The zero-order valence-corrected chi connectivity index (χ0v) is 47.3. The first-order chi connectivity index (χ1) is 34.5. The van der Waals surface area contributed by atoms with Gasteiger partial charge in [0, 0.05) is 12.8 Å². The van der Waals surface area contributed by atoms with E-state index in [1.54, 1.807) is 0 Å². The van der Waals surface area contributed by atoms with E-state index in [4.69, 9.17) is 4.74 Å². The normalized spacial score (nSPS) is 12.7. The van der Waals surface area contributed by atoms with Crippen LogP contribution in [0.3, 0.4) is 0 Å². The summed E-state index contributed by atoms with van der Waals surface area (Å²) >= 11 is 0. The quantitative estimate of drug-likeness (QED) is 0.0321. The second-order valence-electron chi connectivity index (χ2n) is 21.7. The molecule has 0 spiro atoms. The van der Waals surface area contributed by atoms with Crippen molar-refractivity contribution in [3.8, 4) is 0 Å². The van der Waals surface area contributed by atoms with Gasteiger partial charge in [-0.15, -0.1) is 0 Å². The van der Waals surface area contributed by atoms with Gasteiger partial charge in [-0.25, -0.2) is 0 Å². The first kappa shape index (κ1) is 68.3. The number of nitrogens with one attached hydrogen (secondary N) is 1. The Morgan fingerprint density at radius 2 is 0.714 bits per heavy atom. The van der Waals surface area contributed by atoms with Crippen molar-refractivity contribution in [1.82, 2.24) is 5.32 Å². The maximum absolute atomic E-state index is 12.5. The van der Waals surface area contributed by atoms with Crippen LogP contribution in [0.15, 0.2) is 24.3 Å². The Morgan fingerprint density at radius 1 is 0.400 bits per heavy atom. The number of unbranched alkanes of at least 4 members (excludes halogenated alkanes) is 44. The molecule has 2 unspecified atom stereocenters. The second kappa shape index (κ2) is 59.9. The minimum atomic E-state index is -0.673. The molecule has 6 nitrogen and oxygen atoms in total. The Kier molecular flexibility index (Phi) is 58.5. The SMILES string of the molecule is CCCCCC/C=C\C/C=C\CCCCCCCCCC(=O)OCCCCCCCCCCCCCCCCC(=O)NC(CO)C(O)CCCCCCCCCCCCCCCCCCCCCCC. The van der Waals surface area contributed by atoms with Gasteiger partial charge >= 0.3 is 5.97 Å². The lowest BCUT2D eigenvalue weighted by Crippen LogP contribution is -2.45. The molecular formula is C64H123NO5. The van der Waals surface area contributed by atoms with Crippen LogP contribution in [0.1, 0.15) is 348 Å². The molecule has 0 aliphatic heterocycles. The van der Waals surface area contributed by atoms with Crippen LogP contribution in [-0.2, 0) is 14.3 Å². The smallest absolute Gasteiger partial charge is 0.305 e. The van der Waals surface area contributed by atoms with Gasteiger partial charge in [0.2, 0.25) is 5.91 Å². The van der Waals surface area contributed by atoms with Crippen molar-refractivity contribution in [2.45, 2.75) is 360 Å². The molecule has 0 bridgehead atoms. The Labute approximate surface area is 437 Å². The number of amides is 1. The molecule has 2 atom stereocenters. The van der Waals surface area contributed by atoms with Gasteiger partial charge in [0.1, 0.15) is 0 Å². The standard InChI is InChI=1S/C64H123NO5/c1-3-5-7-9-11-13-15-17-19-21-23-24-25-26-28-32-36-40-44-48-52-56-62(67)61(60-66)65-63(68)57-53-49-45-41-37-33-30-31-35-39-43-47-51-55-59-70-64(69)58-54-50-46-42-38-34-29-27-22-20-18-16-14-12-10-8-6-4-2/h14,16,20,22,61-62,66-67H,3-13,15,17-19,21,23-60H2,1-2H3,(H,65,68)/b16-14-,22-20-. The van der Waals surface area contributed by atoms with Gasteiger partial charge in [-0.05, 0) is 57.8 Å². The maximum atomic E-state index is 12.5. The van der Waals surface area contributed by atoms with E-state index < -0.39 is 12.1 Å². The van der Waals surface area contributed by atoms with E-state index in [-0.39, 0.29) is 18.5 Å². The number of carbonyl (C=O) groups excluding carboxylic acids is 2. The van der Waals surface area contributed by atoms with E-state index in [0.717, 1.165) is 57.8 Å². The molecule has 6 heteroatoms. The summed E-state index contributed by atoms with van der Waals surface area (Å²) in [6.07, 6.45) is 73.2. The summed E-state index contributed by atoms with van der Waals surface area (Å²) < 4.78 is 5.49. The fourth-order valence-electron chi connectivity index (χ4n) is 9.91. The summed E-state index contributed by atoms with van der Waals surface area (Å²) in [7, 11) is 0. The molecule has 0 heterocycles. The third kappa shape index (κ3) is 55.7. The topological polar surface area (TPSA) is 95.9 Å². The highest BCUT2D eigenvalue weighted by atomic mass is 16.5. The fraction of sp³-hybridized carbons (Fsp3) is 0.906. The van der Waals surface area contributed by atoms with Crippen LogP contribution in [0, 0.1) is 0 Å². The Bertz CT molecular complexity index is 1090. The molecule has 0 saturated heterocycles. The lowest BCUT2D eigenvalue weighted by atomic mass is 10.0. The van der Waals surface area contributed by atoms with E-state index in [1.807, 2.05) is 0 Å².